The van der Waals surface area contributed by atoms with Gasteiger partial charge in [0.15, 0.2) is 5.78 Å². The van der Waals surface area contributed by atoms with E-state index in [1.54, 1.807) is 24.1 Å². The number of hydrogen-bond acceptors (Lipinski definition) is 3. The molecule has 0 radical (unpaired) electrons. The smallest absolute Gasteiger partial charge is 0.167 e. The van der Waals surface area contributed by atoms with Crippen LogP contribution in [-0.4, -0.2) is 21.6 Å². The van der Waals surface area contributed by atoms with Crippen LogP contribution in [0.2, 0.25) is 0 Å². The van der Waals surface area contributed by atoms with Gasteiger partial charge in [0.1, 0.15) is 0 Å². The first kappa shape index (κ1) is 9.92. The SMILES string of the molecule is CCC(N)CC(=O)c1cnn(C)c1. The van der Waals surface area contributed by atoms with Gasteiger partial charge in [-0.1, -0.05) is 6.92 Å². The Hall–Kier alpha value is -1.16. The van der Waals surface area contributed by atoms with Crippen LogP contribution in [0.4, 0.5) is 0 Å². The first-order valence-corrected chi connectivity index (χ1v) is 4.41. The number of Topliss-reactive ketones (excluding diaryl/α,β-unsaturated/α-hetero) is 1. The molecule has 2 N–H and O–H groups in total. The van der Waals surface area contributed by atoms with Crippen molar-refractivity contribution in [3.8, 4) is 0 Å². The quantitative estimate of drug-likeness (QED) is 0.696. The van der Waals surface area contributed by atoms with Crippen LogP contribution in [0.15, 0.2) is 12.4 Å². The number of carbonyl (C=O) groups is 1. The van der Waals surface area contributed by atoms with E-state index in [4.69, 9.17) is 5.73 Å². The van der Waals surface area contributed by atoms with Crippen LogP contribution < -0.4 is 5.73 Å². The Labute approximate surface area is 77.7 Å². The van der Waals surface area contributed by atoms with Crippen molar-refractivity contribution in [3.63, 3.8) is 0 Å². The maximum atomic E-state index is 11.5. The normalized spacial score (nSPS) is 12.8. The molecule has 0 aliphatic rings. The van der Waals surface area contributed by atoms with Crippen LogP contribution in [0.1, 0.15) is 30.1 Å². The van der Waals surface area contributed by atoms with Gasteiger partial charge in [0.2, 0.25) is 0 Å². The fraction of sp³-hybridized carbons (Fsp3) is 0.556. The van der Waals surface area contributed by atoms with E-state index >= 15 is 0 Å². The molecule has 1 rings (SSSR count). The zero-order valence-corrected chi connectivity index (χ0v) is 8.03. The van der Waals surface area contributed by atoms with E-state index in [0.29, 0.717) is 12.0 Å². The summed E-state index contributed by atoms with van der Waals surface area (Å²) in [5.41, 5.74) is 6.31. The lowest BCUT2D eigenvalue weighted by atomic mass is 10.1. The minimum Gasteiger partial charge on any atom is -0.327 e. The Balaban J connectivity index is 2.58. The van der Waals surface area contributed by atoms with Crippen LogP contribution in [0.25, 0.3) is 0 Å². The summed E-state index contributed by atoms with van der Waals surface area (Å²) in [6.07, 6.45) is 4.52. The molecule has 1 aromatic heterocycles. The molecule has 0 fully saturated rings. The molecule has 1 unspecified atom stereocenters. The molecule has 0 aliphatic heterocycles. The largest absolute Gasteiger partial charge is 0.327 e. The minimum absolute atomic E-state index is 0.0345. The molecule has 4 heteroatoms. The fourth-order valence-corrected chi connectivity index (χ4v) is 1.07. The Kier molecular flexibility index (Phi) is 3.19. The van der Waals surface area contributed by atoms with Crippen LogP contribution >= 0.6 is 0 Å². The third-order valence-electron chi connectivity index (χ3n) is 2.00. The van der Waals surface area contributed by atoms with Crippen molar-refractivity contribution in [2.24, 2.45) is 12.8 Å². The Bertz CT molecular complexity index is 293. The van der Waals surface area contributed by atoms with Gasteiger partial charge in [0.25, 0.3) is 0 Å². The maximum absolute atomic E-state index is 11.5. The fourth-order valence-electron chi connectivity index (χ4n) is 1.07. The molecule has 0 bridgehead atoms. The number of nitrogens with zero attached hydrogens (tertiary/aromatic N) is 2. The van der Waals surface area contributed by atoms with Crippen molar-refractivity contribution in [2.75, 3.05) is 0 Å². The molecule has 1 aromatic rings. The topological polar surface area (TPSA) is 60.9 Å². The van der Waals surface area contributed by atoms with Crippen molar-refractivity contribution in [1.29, 1.82) is 0 Å². The van der Waals surface area contributed by atoms with Crippen LogP contribution in [0.5, 0.6) is 0 Å². The van der Waals surface area contributed by atoms with Gasteiger partial charge >= 0.3 is 0 Å². The van der Waals surface area contributed by atoms with Crippen LogP contribution in [0.3, 0.4) is 0 Å². The van der Waals surface area contributed by atoms with E-state index in [-0.39, 0.29) is 11.8 Å². The van der Waals surface area contributed by atoms with Crippen molar-refractivity contribution in [1.82, 2.24) is 9.78 Å². The van der Waals surface area contributed by atoms with E-state index in [2.05, 4.69) is 5.10 Å². The standard InChI is InChI=1S/C9H15N3O/c1-3-8(10)4-9(13)7-5-11-12(2)6-7/h5-6,8H,3-4,10H2,1-2H3. The highest BCUT2D eigenvalue weighted by molar-refractivity contribution is 5.95. The molecule has 13 heavy (non-hydrogen) atoms. The predicted octanol–water partition coefficient (Wildman–Crippen LogP) is 0.730. The number of ketones is 1. The van der Waals surface area contributed by atoms with E-state index in [9.17, 15) is 4.79 Å². The van der Waals surface area contributed by atoms with E-state index < -0.39 is 0 Å². The summed E-state index contributed by atoms with van der Waals surface area (Å²) in [5, 5.41) is 3.93. The summed E-state index contributed by atoms with van der Waals surface area (Å²) in [5.74, 6) is 0.0717. The molecule has 72 valence electrons. The second-order valence-corrected chi connectivity index (χ2v) is 3.20. The van der Waals surface area contributed by atoms with Gasteiger partial charge in [0.05, 0.1) is 11.8 Å². The molecule has 1 heterocycles. The first-order valence-electron chi connectivity index (χ1n) is 4.41. The molecule has 4 nitrogen and oxygen atoms in total. The number of carbonyl (C=O) groups excluding carboxylic acids is 1. The molecular formula is C9H15N3O. The van der Waals surface area contributed by atoms with Gasteiger partial charge in [-0.15, -0.1) is 0 Å². The maximum Gasteiger partial charge on any atom is 0.167 e. The van der Waals surface area contributed by atoms with Crippen LogP contribution in [0, 0.1) is 0 Å². The highest BCUT2D eigenvalue weighted by Crippen LogP contribution is 2.04. The molecule has 0 saturated heterocycles. The zero-order valence-electron chi connectivity index (χ0n) is 8.03. The average Bonchev–Trinajstić information content (AvgIpc) is 2.51. The monoisotopic (exact) mass is 181 g/mol. The molecular weight excluding hydrogens is 166 g/mol. The van der Waals surface area contributed by atoms with Crippen molar-refractivity contribution < 1.29 is 4.79 Å². The number of nitrogens with two attached hydrogens (primary N) is 1. The Morgan fingerprint density at radius 3 is 2.92 bits per heavy atom. The third kappa shape index (κ3) is 2.66. The summed E-state index contributed by atoms with van der Waals surface area (Å²) in [7, 11) is 1.79. The first-order chi connectivity index (χ1) is 6.13. The van der Waals surface area contributed by atoms with Gasteiger partial charge < -0.3 is 5.73 Å². The van der Waals surface area contributed by atoms with E-state index in [1.807, 2.05) is 6.92 Å². The average molecular weight is 181 g/mol. The second kappa shape index (κ2) is 4.18. The van der Waals surface area contributed by atoms with E-state index in [1.165, 1.54) is 0 Å². The predicted molar refractivity (Wildman–Crippen MR) is 50.4 cm³/mol. The summed E-state index contributed by atoms with van der Waals surface area (Å²) >= 11 is 0. The second-order valence-electron chi connectivity index (χ2n) is 3.20. The molecule has 0 aliphatic carbocycles. The Morgan fingerprint density at radius 2 is 2.46 bits per heavy atom. The molecule has 1 atom stereocenters. The van der Waals surface area contributed by atoms with Gasteiger partial charge in [0, 0.05) is 25.7 Å². The van der Waals surface area contributed by atoms with Gasteiger partial charge in [-0.05, 0) is 6.42 Å². The lowest BCUT2D eigenvalue weighted by molar-refractivity contribution is 0.0974. The van der Waals surface area contributed by atoms with Gasteiger partial charge in [-0.25, -0.2) is 0 Å². The van der Waals surface area contributed by atoms with Crippen molar-refractivity contribution in [2.45, 2.75) is 25.8 Å². The zero-order chi connectivity index (χ0) is 9.84. The summed E-state index contributed by atoms with van der Waals surface area (Å²) < 4.78 is 1.62. The molecule has 0 aromatic carbocycles. The van der Waals surface area contributed by atoms with E-state index in [0.717, 1.165) is 6.42 Å². The molecule has 0 saturated carbocycles. The van der Waals surface area contributed by atoms with Crippen LogP contribution in [-0.2, 0) is 7.05 Å². The summed E-state index contributed by atoms with van der Waals surface area (Å²) in [6, 6.07) is -0.0345. The number of aromatic nitrogens is 2. The summed E-state index contributed by atoms with van der Waals surface area (Å²) in [6.45, 7) is 1.97. The lowest BCUT2D eigenvalue weighted by Crippen LogP contribution is -2.22. The lowest BCUT2D eigenvalue weighted by Gasteiger charge is -2.05. The highest BCUT2D eigenvalue weighted by Gasteiger charge is 2.11. The van der Waals surface area contributed by atoms with Crippen molar-refractivity contribution in [3.05, 3.63) is 18.0 Å². The van der Waals surface area contributed by atoms with Gasteiger partial charge in [-0.2, -0.15) is 5.10 Å². The Morgan fingerprint density at radius 1 is 1.77 bits per heavy atom. The number of aryl methyl sites for hydroxylation is 1. The number of hydrogen-bond donors (Lipinski definition) is 1. The highest BCUT2D eigenvalue weighted by atomic mass is 16.1. The van der Waals surface area contributed by atoms with Gasteiger partial charge in [-0.3, -0.25) is 9.48 Å². The third-order valence-corrected chi connectivity index (χ3v) is 2.00. The molecule has 0 amide bonds. The molecule has 0 spiro atoms. The number of rotatable bonds is 4. The minimum atomic E-state index is -0.0345. The van der Waals surface area contributed by atoms with Crippen molar-refractivity contribution >= 4 is 5.78 Å². The summed E-state index contributed by atoms with van der Waals surface area (Å²) in [4.78, 5) is 11.5.